The van der Waals surface area contributed by atoms with Crippen LogP contribution in [-0.4, -0.2) is 37.6 Å². The highest BCUT2D eigenvalue weighted by Gasteiger charge is 2.36. The Hall–Kier alpha value is -0.0800. The van der Waals surface area contributed by atoms with Crippen LogP contribution in [-0.2, 0) is 0 Å². The highest BCUT2D eigenvalue weighted by molar-refractivity contribution is 4.90. The summed E-state index contributed by atoms with van der Waals surface area (Å²) in [5.41, 5.74) is 1.08. The molecule has 1 saturated carbocycles. The Balaban J connectivity index is 1.92. The van der Waals surface area contributed by atoms with Gasteiger partial charge in [-0.15, -0.1) is 0 Å². The topological polar surface area (TPSA) is 15.3 Å². The maximum absolute atomic E-state index is 3.78. The van der Waals surface area contributed by atoms with E-state index in [0.29, 0.717) is 10.8 Å². The van der Waals surface area contributed by atoms with Gasteiger partial charge in [-0.05, 0) is 55.5 Å². The molecule has 1 aliphatic heterocycles. The molecule has 2 aliphatic rings. The minimum absolute atomic E-state index is 0.527. The summed E-state index contributed by atoms with van der Waals surface area (Å²) in [6.07, 6.45) is 10.0. The van der Waals surface area contributed by atoms with Crippen LogP contribution in [0.5, 0.6) is 0 Å². The van der Waals surface area contributed by atoms with Gasteiger partial charge in [0.15, 0.2) is 0 Å². The summed E-state index contributed by atoms with van der Waals surface area (Å²) >= 11 is 0. The molecule has 124 valence electrons. The predicted octanol–water partition coefficient (Wildman–Crippen LogP) is 4.30. The normalized spacial score (nSPS) is 26.1. The maximum atomic E-state index is 3.78. The second kappa shape index (κ2) is 7.46. The van der Waals surface area contributed by atoms with Crippen molar-refractivity contribution in [3.8, 4) is 0 Å². The van der Waals surface area contributed by atoms with Gasteiger partial charge in [-0.3, -0.25) is 0 Å². The zero-order valence-electron chi connectivity index (χ0n) is 15.0. The van der Waals surface area contributed by atoms with Gasteiger partial charge in [0.1, 0.15) is 0 Å². The number of rotatable bonds is 6. The predicted molar refractivity (Wildman–Crippen MR) is 92.7 cm³/mol. The number of likely N-dealkylation sites (tertiary alicyclic amines) is 1. The van der Waals surface area contributed by atoms with Gasteiger partial charge in [-0.2, -0.15) is 0 Å². The van der Waals surface area contributed by atoms with Crippen molar-refractivity contribution < 1.29 is 0 Å². The first-order valence-electron chi connectivity index (χ1n) is 9.34. The Morgan fingerprint density at radius 1 is 1.00 bits per heavy atom. The summed E-state index contributed by atoms with van der Waals surface area (Å²) in [6, 6.07) is 0. The van der Waals surface area contributed by atoms with E-state index in [9.17, 15) is 0 Å². The first kappa shape index (κ1) is 17.3. The van der Waals surface area contributed by atoms with Crippen molar-refractivity contribution >= 4 is 0 Å². The third-order valence-corrected chi connectivity index (χ3v) is 5.51. The second-order valence-corrected chi connectivity index (χ2v) is 9.06. The van der Waals surface area contributed by atoms with Crippen LogP contribution in [0.4, 0.5) is 0 Å². The Morgan fingerprint density at radius 2 is 1.71 bits per heavy atom. The van der Waals surface area contributed by atoms with Crippen LogP contribution in [0.15, 0.2) is 0 Å². The average Bonchev–Trinajstić information content (AvgIpc) is 2.38. The van der Waals surface area contributed by atoms with Gasteiger partial charge in [0.2, 0.25) is 0 Å². The third kappa shape index (κ3) is 5.56. The van der Waals surface area contributed by atoms with Gasteiger partial charge in [-0.1, -0.05) is 47.0 Å². The molecule has 2 heteroatoms. The standard InChI is InChI=1S/C19H38N2/c1-17(2)13-20-14-19(10-6-5-7-11-19)16-21-12-8-9-18(3,4)15-21/h17,20H,5-16H2,1-4H3. The molecule has 2 rings (SSSR count). The number of piperidine rings is 1. The summed E-state index contributed by atoms with van der Waals surface area (Å²) in [7, 11) is 0. The van der Waals surface area contributed by atoms with Crippen LogP contribution in [0.25, 0.3) is 0 Å². The molecular formula is C19H38N2. The molecular weight excluding hydrogens is 256 g/mol. The molecule has 21 heavy (non-hydrogen) atoms. The molecule has 0 aromatic rings. The van der Waals surface area contributed by atoms with Gasteiger partial charge in [0.05, 0.1) is 0 Å². The van der Waals surface area contributed by atoms with Crippen molar-refractivity contribution in [3.05, 3.63) is 0 Å². The highest BCUT2D eigenvalue weighted by atomic mass is 15.1. The van der Waals surface area contributed by atoms with E-state index in [1.807, 2.05) is 0 Å². The van der Waals surface area contributed by atoms with Crippen LogP contribution in [0, 0.1) is 16.7 Å². The fourth-order valence-electron chi connectivity index (χ4n) is 4.47. The van der Waals surface area contributed by atoms with E-state index in [-0.39, 0.29) is 0 Å². The van der Waals surface area contributed by atoms with E-state index >= 15 is 0 Å². The van der Waals surface area contributed by atoms with Crippen molar-refractivity contribution in [1.82, 2.24) is 10.2 Å². The third-order valence-electron chi connectivity index (χ3n) is 5.51. The fourth-order valence-corrected chi connectivity index (χ4v) is 4.47. The van der Waals surface area contributed by atoms with Gasteiger partial charge < -0.3 is 10.2 Å². The smallest absolute Gasteiger partial charge is 0.00504 e. The summed E-state index contributed by atoms with van der Waals surface area (Å²) in [6.45, 7) is 15.9. The van der Waals surface area contributed by atoms with Crippen molar-refractivity contribution in [2.75, 3.05) is 32.7 Å². The van der Waals surface area contributed by atoms with Gasteiger partial charge in [0.25, 0.3) is 0 Å². The van der Waals surface area contributed by atoms with Crippen LogP contribution in [0.1, 0.15) is 72.6 Å². The average molecular weight is 295 g/mol. The summed E-state index contributed by atoms with van der Waals surface area (Å²) in [4.78, 5) is 2.78. The van der Waals surface area contributed by atoms with Gasteiger partial charge in [-0.25, -0.2) is 0 Å². The molecule has 0 unspecified atom stereocenters. The largest absolute Gasteiger partial charge is 0.316 e. The van der Waals surface area contributed by atoms with Crippen molar-refractivity contribution in [1.29, 1.82) is 0 Å². The molecule has 2 fully saturated rings. The first-order chi connectivity index (χ1) is 9.91. The summed E-state index contributed by atoms with van der Waals surface area (Å²) in [5.74, 6) is 0.763. The zero-order valence-corrected chi connectivity index (χ0v) is 15.0. The monoisotopic (exact) mass is 294 g/mol. The maximum Gasteiger partial charge on any atom is 0.00504 e. The first-order valence-corrected chi connectivity index (χ1v) is 9.34. The lowest BCUT2D eigenvalue weighted by atomic mass is 9.72. The lowest BCUT2D eigenvalue weighted by Crippen LogP contribution is -2.50. The molecule has 2 nitrogen and oxygen atoms in total. The molecule has 1 heterocycles. The number of nitrogens with one attached hydrogen (secondary N) is 1. The molecule has 1 N–H and O–H groups in total. The number of hydrogen-bond acceptors (Lipinski definition) is 2. The highest BCUT2D eigenvalue weighted by Crippen LogP contribution is 2.38. The van der Waals surface area contributed by atoms with E-state index in [1.54, 1.807) is 0 Å². The molecule has 0 radical (unpaired) electrons. The summed E-state index contributed by atoms with van der Waals surface area (Å²) in [5, 5.41) is 3.78. The second-order valence-electron chi connectivity index (χ2n) is 9.06. The van der Waals surface area contributed by atoms with E-state index in [2.05, 4.69) is 37.9 Å². The molecule has 1 aliphatic carbocycles. The Bertz CT molecular complexity index is 303. The molecule has 0 bridgehead atoms. The number of hydrogen-bond donors (Lipinski definition) is 1. The quantitative estimate of drug-likeness (QED) is 0.785. The van der Waals surface area contributed by atoms with Crippen LogP contribution < -0.4 is 5.32 Å². The lowest BCUT2D eigenvalue weighted by Gasteiger charge is -2.46. The van der Waals surface area contributed by atoms with Gasteiger partial charge in [0, 0.05) is 19.6 Å². The minimum Gasteiger partial charge on any atom is -0.316 e. The molecule has 0 spiro atoms. The SMILES string of the molecule is CC(C)CNCC1(CN2CCCC(C)(C)C2)CCCCC1. The minimum atomic E-state index is 0.527. The Labute approximate surface area is 133 Å². The van der Waals surface area contributed by atoms with Crippen LogP contribution in [0.3, 0.4) is 0 Å². The van der Waals surface area contributed by atoms with Crippen molar-refractivity contribution in [2.45, 2.75) is 72.6 Å². The van der Waals surface area contributed by atoms with Crippen LogP contribution >= 0.6 is 0 Å². The molecule has 0 aromatic heterocycles. The Kier molecular flexibility index (Phi) is 6.14. The van der Waals surface area contributed by atoms with E-state index < -0.39 is 0 Å². The van der Waals surface area contributed by atoms with E-state index in [4.69, 9.17) is 0 Å². The zero-order chi connectivity index (χ0) is 15.3. The molecule has 0 amide bonds. The van der Waals surface area contributed by atoms with E-state index in [0.717, 1.165) is 5.92 Å². The Morgan fingerprint density at radius 3 is 2.33 bits per heavy atom. The van der Waals surface area contributed by atoms with Crippen LogP contribution in [0.2, 0.25) is 0 Å². The van der Waals surface area contributed by atoms with Gasteiger partial charge >= 0.3 is 0 Å². The van der Waals surface area contributed by atoms with E-state index in [1.165, 1.54) is 77.7 Å². The molecule has 0 atom stereocenters. The summed E-state index contributed by atoms with van der Waals surface area (Å²) < 4.78 is 0. The molecule has 0 aromatic carbocycles. The lowest BCUT2D eigenvalue weighted by molar-refractivity contribution is 0.0485. The fraction of sp³-hybridized carbons (Fsp3) is 1.00. The van der Waals surface area contributed by atoms with Crippen molar-refractivity contribution in [2.24, 2.45) is 16.7 Å². The van der Waals surface area contributed by atoms with Crippen molar-refractivity contribution in [3.63, 3.8) is 0 Å². The number of nitrogens with zero attached hydrogens (tertiary/aromatic N) is 1. The molecule has 1 saturated heterocycles.